The zero-order valence-corrected chi connectivity index (χ0v) is 21.3. The molecule has 182 valence electrons. The van der Waals surface area contributed by atoms with E-state index in [0.717, 1.165) is 5.56 Å². The largest absolute Gasteiger partial charge is 0.494 e. The lowest BCUT2D eigenvalue weighted by Crippen LogP contribution is -2.14. The van der Waals surface area contributed by atoms with Crippen LogP contribution in [0.4, 0.5) is 11.4 Å². The summed E-state index contributed by atoms with van der Waals surface area (Å²) >= 11 is 3.43. The SMILES string of the molecule is COc1cc(NC(=O)c2ccccc2)c(OC)cc1NC(=O)/C=C/c1cc(Br)c(OC)c(OC)c1. The van der Waals surface area contributed by atoms with Gasteiger partial charge in [0.1, 0.15) is 11.5 Å². The molecule has 0 spiro atoms. The number of carbonyl (C=O) groups excluding carboxylic acids is 2. The Hall–Kier alpha value is -3.98. The number of ether oxygens (including phenoxy) is 4. The van der Waals surface area contributed by atoms with Crippen LogP contribution < -0.4 is 29.6 Å². The minimum atomic E-state index is -0.391. The Labute approximate surface area is 212 Å². The van der Waals surface area contributed by atoms with Crippen molar-refractivity contribution in [1.82, 2.24) is 0 Å². The van der Waals surface area contributed by atoms with Crippen molar-refractivity contribution in [1.29, 1.82) is 0 Å². The summed E-state index contributed by atoms with van der Waals surface area (Å²) in [6.45, 7) is 0. The molecular weight excluding hydrogens is 516 g/mol. The molecule has 2 amide bonds. The summed E-state index contributed by atoms with van der Waals surface area (Å²) in [6.07, 6.45) is 3.02. The molecule has 35 heavy (non-hydrogen) atoms. The number of halogens is 1. The second-order valence-electron chi connectivity index (χ2n) is 7.13. The van der Waals surface area contributed by atoms with E-state index in [-0.39, 0.29) is 5.91 Å². The fourth-order valence-corrected chi connectivity index (χ4v) is 3.88. The van der Waals surface area contributed by atoms with Gasteiger partial charge in [-0.1, -0.05) is 18.2 Å². The van der Waals surface area contributed by atoms with Crippen molar-refractivity contribution in [2.24, 2.45) is 0 Å². The zero-order chi connectivity index (χ0) is 25.4. The first-order chi connectivity index (χ1) is 16.9. The molecule has 3 aromatic carbocycles. The molecule has 0 fully saturated rings. The number of rotatable bonds is 9. The highest BCUT2D eigenvalue weighted by molar-refractivity contribution is 9.10. The van der Waals surface area contributed by atoms with Crippen molar-refractivity contribution in [3.8, 4) is 23.0 Å². The highest BCUT2D eigenvalue weighted by Gasteiger charge is 2.16. The monoisotopic (exact) mass is 540 g/mol. The molecule has 2 N–H and O–H groups in total. The minimum absolute atomic E-state index is 0.299. The normalized spacial score (nSPS) is 10.5. The molecule has 0 bridgehead atoms. The van der Waals surface area contributed by atoms with Crippen LogP contribution in [0.25, 0.3) is 6.08 Å². The van der Waals surface area contributed by atoms with Gasteiger partial charge in [-0.2, -0.15) is 0 Å². The van der Waals surface area contributed by atoms with Crippen LogP contribution in [-0.4, -0.2) is 40.3 Å². The lowest BCUT2D eigenvalue weighted by Gasteiger charge is -2.16. The Morgan fingerprint density at radius 2 is 1.37 bits per heavy atom. The lowest BCUT2D eigenvalue weighted by atomic mass is 10.1. The summed E-state index contributed by atoms with van der Waals surface area (Å²) in [5, 5.41) is 5.58. The first-order valence-corrected chi connectivity index (χ1v) is 11.2. The summed E-state index contributed by atoms with van der Waals surface area (Å²) in [5.41, 5.74) is 2.01. The molecule has 0 aromatic heterocycles. The number of carbonyl (C=O) groups is 2. The predicted molar refractivity (Wildman–Crippen MR) is 139 cm³/mol. The van der Waals surface area contributed by atoms with E-state index in [9.17, 15) is 9.59 Å². The van der Waals surface area contributed by atoms with E-state index in [0.29, 0.717) is 44.4 Å². The average Bonchev–Trinajstić information content (AvgIpc) is 2.88. The Balaban J connectivity index is 1.80. The molecule has 0 aliphatic heterocycles. The third-order valence-electron chi connectivity index (χ3n) is 4.95. The minimum Gasteiger partial charge on any atom is -0.494 e. The van der Waals surface area contributed by atoms with Crippen molar-refractivity contribution >= 4 is 45.2 Å². The van der Waals surface area contributed by atoms with Crippen LogP contribution in [0.2, 0.25) is 0 Å². The summed E-state index contributed by atoms with van der Waals surface area (Å²) in [4.78, 5) is 25.2. The maximum absolute atomic E-state index is 12.6. The van der Waals surface area contributed by atoms with Gasteiger partial charge >= 0.3 is 0 Å². The topological polar surface area (TPSA) is 95.1 Å². The van der Waals surface area contributed by atoms with Crippen LogP contribution in [0.3, 0.4) is 0 Å². The second-order valence-corrected chi connectivity index (χ2v) is 7.99. The van der Waals surface area contributed by atoms with Gasteiger partial charge in [-0.05, 0) is 51.8 Å². The van der Waals surface area contributed by atoms with Gasteiger partial charge in [0.2, 0.25) is 5.91 Å². The van der Waals surface area contributed by atoms with Crippen LogP contribution in [0.15, 0.2) is 65.1 Å². The third-order valence-corrected chi connectivity index (χ3v) is 5.54. The van der Waals surface area contributed by atoms with Crippen LogP contribution in [0, 0.1) is 0 Å². The van der Waals surface area contributed by atoms with E-state index >= 15 is 0 Å². The third kappa shape index (κ3) is 6.33. The summed E-state index contributed by atoms with van der Waals surface area (Å²) in [6, 6.07) is 15.5. The van der Waals surface area contributed by atoms with Gasteiger partial charge in [-0.15, -0.1) is 0 Å². The maximum Gasteiger partial charge on any atom is 0.255 e. The summed E-state index contributed by atoms with van der Waals surface area (Å²) in [7, 11) is 6.03. The molecule has 0 atom stereocenters. The quantitative estimate of drug-likeness (QED) is 0.353. The van der Waals surface area contributed by atoms with E-state index in [1.165, 1.54) is 27.4 Å². The second kappa shape index (κ2) is 11.9. The van der Waals surface area contributed by atoms with Crippen LogP contribution in [0.5, 0.6) is 23.0 Å². The summed E-state index contributed by atoms with van der Waals surface area (Å²) in [5.74, 6) is 1.11. The standard InChI is InChI=1S/C26H25BrN2O6/c1-32-21-15-20(29-26(31)17-8-6-5-7-9-17)22(33-2)14-19(21)28-24(30)11-10-16-12-18(27)25(35-4)23(13-16)34-3/h5-15H,1-4H3,(H,28,30)(H,29,31)/b11-10+. The van der Waals surface area contributed by atoms with E-state index in [4.69, 9.17) is 18.9 Å². The molecule has 0 aliphatic carbocycles. The Morgan fingerprint density at radius 3 is 1.94 bits per heavy atom. The van der Waals surface area contributed by atoms with E-state index in [1.807, 2.05) is 6.07 Å². The molecule has 0 heterocycles. The van der Waals surface area contributed by atoms with Gasteiger partial charge in [-0.25, -0.2) is 0 Å². The molecule has 0 radical (unpaired) electrons. The number of benzene rings is 3. The number of amides is 2. The first-order valence-electron chi connectivity index (χ1n) is 10.4. The summed E-state index contributed by atoms with van der Waals surface area (Å²) < 4.78 is 22.2. The highest BCUT2D eigenvalue weighted by Crippen LogP contribution is 2.38. The molecule has 0 aliphatic rings. The van der Waals surface area contributed by atoms with E-state index in [2.05, 4.69) is 26.6 Å². The molecule has 0 saturated heterocycles. The Bertz CT molecular complexity index is 1240. The van der Waals surface area contributed by atoms with Crippen molar-refractivity contribution in [2.75, 3.05) is 39.1 Å². The molecule has 0 unspecified atom stereocenters. The van der Waals surface area contributed by atoms with Crippen LogP contribution in [-0.2, 0) is 4.79 Å². The van der Waals surface area contributed by atoms with Crippen LogP contribution >= 0.6 is 15.9 Å². The van der Waals surface area contributed by atoms with Gasteiger partial charge < -0.3 is 29.6 Å². The lowest BCUT2D eigenvalue weighted by molar-refractivity contribution is -0.111. The molecule has 0 saturated carbocycles. The molecule has 9 heteroatoms. The first kappa shape index (κ1) is 25.6. The molecule has 3 aromatic rings. The average molecular weight is 541 g/mol. The van der Waals surface area contributed by atoms with Crippen LogP contribution in [0.1, 0.15) is 15.9 Å². The van der Waals surface area contributed by atoms with E-state index in [1.54, 1.807) is 61.7 Å². The van der Waals surface area contributed by atoms with Gasteiger partial charge in [0, 0.05) is 23.8 Å². The number of methoxy groups -OCH3 is 4. The van der Waals surface area contributed by atoms with Crippen molar-refractivity contribution in [2.45, 2.75) is 0 Å². The fraction of sp³-hybridized carbons (Fsp3) is 0.154. The molecule has 3 rings (SSSR count). The number of nitrogens with one attached hydrogen (secondary N) is 2. The Kier molecular flexibility index (Phi) is 8.74. The molecule has 8 nitrogen and oxygen atoms in total. The Morgan fingerprint density at radius 1 is 0.771 bits per heavy atom. The van der Waals surface area contributed by atoms with Gasteiger partial charge in [0.15, 0.2) is 11.5 Å². The fourth-order valence-electron chi connectivity index (χ4n) is 3.26. The van der Waals surface area contributed by atoms with Gasteiger partial charge in [0.05, 0.1) is 44.3 Å². The number of anilines is 2. The van der Waals surface area contributed by atoms with Crippen molar-refractivity contribution < 1.29 is 28.5 Å². The maximum atomic E-state index is 12.6. The predicted octanol–water partition coefficient (Wildman–Crippen LogP) is 5.39. The number of hydrogen-bond donors (Lipinski definition) is 2. The highest BCUT2D eigenvalue weighted by atomic mass is 79.9. The molecular formula is C26H25BrN2O6. The smallest absolute Gasteiger partial charge is 0.255 e. The zero-order valence-electron chi connectivity index (χ0n) is 19.7. The van der Waals surface area contributed by atoms with Crippen molar-refractivity contribution in [3.63, 3.8) is 0 Å². The van der Waals surface area contributed by atoms with Gasteiger partial charge in [-0.3, -0.25) is 9.59 Å². The number of hydrogen-bond acceptors (Lipinski definition) is 6. The van der Waals surface area contributed by atoms with E-state index < -0.39 is 5.91 Å². The van der Waals surface area contributed by atoms with Crippen molar-refractivity contribution in [3.05, 3.63) is 76.3 Å². The van der Waals surface area contributed by atoms with Gasteiger partial charge in [0.25, 0.3) is 5.91 Å².